The Bertz CT molecular complexity index is 1780. The van der Waals surface area contributed by atoms with Crippen molar-refractivity contribution in [2.24, 2.45) is 5.92 Å². The van der Waals surface area contributed by atoms with E-state index in [1.165, 1.54) is 4.90 Å². The molecule has 0 aliphatic carbocycles. The summed E-state index contributed by atoms with van der Waals surface area (Å²) in [6, 6.07) is 28.0. The lowest BCUT2D eigenvalue weighted by Crippen LogP contribution is -2.52. The van der Waals surface area contributed by atoms with Crippen LogP contribution in [0.5, 0.6) is 17.2 Å². The number of hydrogen-bond acceptors (Lipinski definition) is 9. The third kappa shape index (κ3) is 10.2. The van der Waals surface area contributed by atoms with Crippen molar-refractivity contribution in [2.45, 2.75) is 57.4 Å². The molecule has 1 amide bonds. The summed E-state index contributed by atoms with van der Waals surface area (Å²) in [6.07, 6.45) is -0.894. The van der Waals surface area contributed by atoms with Crippen LogP contribution in [0.25, 0.3) is 10.8 Å². The molecule has 4 aromatic rings. The highest BCUT2D eigenvalue weighted by Gasteiger charge is 2.41. The standard InChI is InChI=1S/C42H51NO10/c1-42(2)52-28-35(53-42)27-49-26-33-22-43(41(44)45)23-39(51-24-29-20-31-10-5-7-12-36(31)38(21-29)47-4)40(33)30-14-16-34(17-15-30)50-19-9-18-48-25-32-11-6-8-13-37(32)46-3/h5-8,10-17,20-21,33,35,39-40H,9,18-19,22-28H2,1-4H3,(H,44,45)/t33-,35-,39-,40-/m0/s1. The smallest absolute Gasteiger partial charge is 0.407 e. The molecule has 4 atom stereocenters. The maximum absolute atomic E-state index is 12.4. The summed E-state index contributed by atoms with van der Waals surface area (Å²) in [7, 11) is 3.32. The van der Waals surface area contributed by atoms with Gasteiger partial charge in [0.25, 0.3) is 0 Å². The van der Waals surface area contributed by atoms with Crippen LogP contribution in [-0.4, -0.2) is 94.4 Å². The van der Waals surface area contributed by atoms with E-state index in [0.29, 0.717) is 46.2 Å². The van der Waals surface area contributed by atoms with Crippen LogP contribution in [0.4, 0.5) is 4.79 Å². The van der Waals surface area contributed by atoms with Gasteiger partial charge in [0.1, 0.15) is 23.4 Å². The number of likely N-dealkylation sites (tertiary alicyclic amines) is 1. The number of methoxy groups -OCH3 is 2. The predicted octanol–water partition coefficient (Wildman–Crippen LogP) is 7.29. The third-order valence-corrected chi connectivity index (χ3v) is 9.72. The van der Waals surface area contributed by atoms with Gasteiger partial charge in [0, 0.05) is 35.8 Å². The minimum Gasteiger partial charge on any atom is -0.496 e. The lowest BCUT2D eigenvalue weighted by Gasteiger charge is -2.43. The summed E-state index contributed by atoms with van der Waals surface area (Å²) < 4.78 is 47.6. The number of carbonyl (C=O) groups is 1. The average Bonchev–Trinajstić information content (AvgIpc) is 3.52. The molecule has 2 aliphatic heterocycles. The van der Waals surface area contributed by atoms with Crippen molar-refractivity contribution in [3.63, 3.8) is 0 Å². The molecule has 0 spiro atoms. The number of para-hydroxylation sites is 1. The minimum atomic E-state index is -0.987. The number of fused-ring (bicyclic) bond motifs is 1. The lowest BCUT2D eigenvalue weighted by atomic mass is 9.78. The number of ether oxygens (including phenoxy) is 8. The van der Waals surface area contributed by atoms with Gasteiger partial charge in [0.15, 0.2) is 5.79 Å². The quantitative estimate of drug-likeness (QED) is 0.111. The zero-order valence-electron chi connectivity index (χ0n) is 31.0. The van der Waals surface area contributed by atoms with Crippen LogP contribution in [0.1, 0.15) is 42.9 Å². The average molecular weight is 730 g/mol. The van der Waals surface area contributed by atoms with Crippen molar-refractivity contribution in [1.29, 1.82) is 0 Å². The zero-order valence-corrected chi connectivity index (χ0v) is 31.0. The van der Waals surface area contributed by atoms with E-state index >= 15 is 0 Å². The Labute approximate surface area is 311 Å². The molecule has 284 valence electrons. The second-order valence-electron chi connectivity index (χ2n) is 14.0. The highest BCUT2D eigenvalue weighted by Crippen LogP contribution is 2.38. The van der Waals surface area contributed by atoms with Crippen molar-refractivity contribution in [3.8, 4) is 17.2 Å². The van der Waals surface area contributed by atoms with Gasteiger partial charge >= 0.3 is 6.09 Å². The Kier molecular flexibility index (Phi) is 13.1. The first-order valence-electron chi connectivity index (χ1n) is 18.2. The first-order valence-corrected chi connectivity index (χ1v) is 18.2. The summed E-state index contributed by atoms with van der Waals surface area (Å²) in [5, 5.41) is 12.2. The van der Waals surface area contributed by atoms with E-state index in [1.807, 2.05) is 92.7 Å². The van der Waals surface area contributed by atoms with E-state index in [4.69, 9.17) is 37.9 Å². The molecular weight excluding hydrogens is 678 g/mol. The Morgan fingerprint density at radius 2 is 1.64 bits per heavy atom. The molecule has 4 aromatic carbocycles. The number of carboxylic acid groups (broad SMARTS) is 1. The summed E-state index contributed by atoms with van der Waals surface area (Å²) >= 11 is 0. The topological polar surface area (TPSA) is 114 Å². The molecule has 2 saturated heterocycles. The number of rotatable bonds is 17. The van der Waals surface area contributed by atoms with Crippen molar-refractivity contribution >= 4 is 16.9 Å². The van der Waals surface area contributed by atoms with Gasteiger partial charge in [-0.15, -0.1) is 0 Å². The molecule has 0 bridgehead atoms. The molecule has 11 nitrogen and oxygen atoms in total. The monoisotopic (exact) mass is 729 g/mol. The highest BCUT2D eigenvalue weighted by atomic mass is 16.7. The van der Waals surface area contributed by atoms with Crippen molar-refractivity contribution in [2.75, 3.05) is 60.3 Å². The molecule has 2 fully saturated rings. The van der Waals surface area contributed by atoms with E-state index in [-0.39, 0.29) is 31.1 Å². The minimum absolute atomic E-state index is 0.150. The van der Waals surface area contributed by atoms with E-state index < -0.39 is 18.0 Å². The Balaban J connectivity index is 1.13. The number of nitrogens with zero attached hydrogens (tertiary/aromatic N) is 1. The first-order chi connectivity index (χ1) is 25.7. The predicted molar refractivity (Wildman–Crippen MR) is 200 cm³/mol. The summed E-state index contributed by atoms with van der Waals surface area (Å²) in [6.45, 7) is 7.22. The van der Waals surface area contributed by atoms with E-state index in [2.05, 4.69) is 6.07 Å². The molecule has 2 aliphatic rings. The van der Waals surface area contributed by atoms with Crippen LogP contribution in [0.2, 0.25) is 0 Å². The molecule has 0 aromatic heterocycles. The van der Waals surface area contributed by atoms with Crippen LogP contribution >= 0.6 is 0 Å². The zero-order chi connectivity index (χ0) is 37.2. The molecule has 6 rings (SSSR count). The Morgan fingerprint density at radius 1 is 0.868 bits per heavy atom. The number of benzene rings is 4. The molecule has 0 saturated carbocycles. The van der Waals surface area contributed by atoms with Gasteiger partial charge in [0.2, 0.25) is 0 Å². The van der Waals surface area contributed by atoms with Crippen molar-refractivity contribution in [3.05, 3.63) is 102 Å². The largest absolute Gasteiger partial charge is 0.496 e. The summed E-state index contributed by atoms with van der Waals surface area (Å²) in [4.78, 5) is 13.8. The second kappa shape index (κ2) is 18.1. The van der Waals surface area contributed by atoms with Crippen LogP contribution < -0.4 is 14.2 Å². The van der Waals surface area contributed by atoms with Gasteiger partial charge in [-0.25, -0.2) is 4.79 Å². The van der Waals surface area contributed by atoms with Gasteiger partial charge in [-0.2, -0.15) is 0 Å². The molecule has 53 heavy (non-hydrogen) atoms. The molecule has 2 heterocycles. The van der Waals surface area contributed by atoms with Gasteiger partial charge in [-0.3, -0.25) is 0 Å². The molecular formula is C42H51NO10. The number of hydrogen-bond donors (Lipinski definition) is 1. The maximum atomic E-state index is 12.4. The van der Waals surface area contributed by atoms with Gasteiger partial charge in [-0.05, 0) is 60.7 Å². The Hall–Kier alpha value is -4.39. The second-order valence-corrected chi connectivity index (χ2v) is 14.0. The van der Waals surface area contributed by atoms with E-state index in [9.17, 15) is 9.90 Å². The van der Waals surface area contributed by atoms with E-state index in [1.54, 1.807) is 14.2 Å². The van der Waals surface area contributed by atoms with Gasteiger partial charge < -0.3 is 47.9 Å². The van der Waals surface area contributed by atoms with Gasteiger partial charge in [-0.1, -0.05) is 54.6 Å². The lowest BCUT2D eigenvalue weighted by molar-refractivity contribution is -0.146. The summed E-state index contributed by atoms with van der Waals surface area (Å²) in [5.74, 6) is 1.34. The van der Waals surface area contributed by atoms with Crippen LogP contribution in [0.15, 0.2) is 84.9 Å². The fraction of sp³-hybridized carbons (Fsp3) is 0.452. The molecule has 0 unspecified atom stereocenters. The molecule has 0 radical (unpaired) electrons. The SMILES string of the molecule is COc1ccccc1COCCCOc1ccc([C@H]2[C@H](COC[C@H]3COC(C)(C)O3)CN(C(=O)O)C[C@@H]2OCc2cc(OC)c3ccccc3c2)cc1. The van der Waals surface area contributed by atoms with Crippen molar-refractivity contribution in [1.82, 2.24) is 4.90 Å². The van der Waals surface area contributed by atoms with Gasteiger partial charge in [0.05, 0.1) is 73.1 Å². The molecule has 1 N–H and O–H groups in total. The van der Waals surface area contributed by atoms with Crippen LogP contribution in [0.3, 0.4) is 0 Å². The van der Waals surface area contributed by atoms with Crippen molar-refractivity contribution < 1.29 is 47.8 Å². The normalized spacial score (nSPS) is 21.1. The van der Waals surface area contributed by atoms with Crippen LogP contribution in [0, 0.1) is 5.92 Å². The summed E-state index contributed by atoms with van der Waals surface area (Å²) in [5.41, 5.74) is 2.98. The van der Waals surface area contributed by atoms with Crippen LogP contribution in [-0.2, 0) is 36.9 Å². The number of piperidine rings is 1. The third-order valence-electron chi connectivity index (χ3n) is 9.72. The fourth-order valence-corrected chi connectivity index (χ4v) is 7.19. The molecule has 11 heteroatoms. The maximum Gasteiger partial charge on any atom is 0.407 e. The Morgan fingerprint density at radius 3 is 2.40 bits per heavy atom. The number of amides is 1. The first kappa shape index (κ1) is 38.3. The highest BCUT2D eigenvalue weighted by molar-refractivity contribution is 5.89. The van der Waals surface area contributed by atoms with E-state index in [0.717, 1.165) is 51.1 Å². The fourth-order valence-electron chi connectivity index (χ4n) is 7.19.